The monoisotopic (exact) mass is 213 g/mol. The molecule has 1 aliphatic rings. The molecule has 1 rings (SSSR count). The van der Waals surface area contributed by atoms with Crippen LogP contribution < -0.4 is 5.32 Å². The highest BCUT2D eigenvalue weighted by molar-refractivity contribution is 4.91. The minimum absolute atomic E-state index is 0.0867. The SMILES string of the molecule is CCCNC(CCC)C1(C)CCCCO1. The zero-order valence-electron chi connectivity index (χ0n) is 10.6. The van der Waals surface area contributed by atoms with Gasteiger partial charge in [0.05, 0.1) is 5.60 Å². The van der Waals surface area contributed by atoms with Crippen LogP contribution in [0.2, 0.25) is 0 Å². The molecular formula is C13H27NO. The predicted octanol–water partition coefficient (Wildman–Crippen LogP) is 3.11. The van der Waals surface area contributed by atoms with Crippen LogP contribution >= 0.6 is 0 Å². The molecule has 0 aromatic rings. The molecule has 1 fully saturated rings. The van der Waals surface area contributed by atoms with Crippen molar-refractivity contribution >= 4 is 0 Å². The quantitative estimate of drug-likeness (QED) is 0.732. The van der Waals surface area contributed by atoms with Crippen molar-refractivity contribution < 1.29 is 4.74 Å². The minimum atomic E-state index is 0.0867. The van der Waals surface area contributed by atoms with Gasteiger partial charge in [-0.2, -0.15) is 0 Å². The van der Waals surface area contributed by atoms with Crippen LogP contribution in [0.15, 0.2) is 0 Å². The van der Waals surface area contributed by atoms with E-state index in [0.717, 1.165) is 13.2 Å². The highest BCUT2D eigenvalue weighted by Gasteiger charge is 2.35. The molecule has 0 aromatic heterocycles. The smallest absolute Gasteiger partial charge is 0.0806 e. The van der Waals surface area contributed by atoms with E-state index in [-0.39, 0.29) is 5.60 Å². The lowest BCUT2D eigenvalue weighted by Gasteiger charge is -2.41. The maximum absolute atomic E-state index is 6.01. The lowest BCUT2D eigenvalue weighted by Crippen LogP contribution is -2.52. The first kappa shape index (κ1) is 13.0. The van der Waals surface area contributed by atoms with Gasteiger partial charge in [0.2, 0.25) is 0 Å². The first-order chi connectivity index (χ1) is 7.23. The number of hydrogen-bond acceptors (Lipinski definition) is 2. The number of rotatable bonds is 6. The Labute approximate surface area is 94.8 Å². The Kier molecular flexibility index (Phi) is 5.62. The van der Waals surface area contributed by atoms with E-state index in [1.165, 1.54) is 38.5 Å². The summed E-state index contributed by atoms with van der Waals surface area (Å²) in [7, 11) is 0. The normalized spacial score (nSPS) is 29.0. The van der Waals surface area contributed by atoms with Crippen molar-refractivity contribution in [2.45, 2.75) is 70.9 Å². The molecule has 2 heteroatoms. The zero-order chi connectivity index (χ0) is 11.1. The summed E-state index contributed by atoms with van der Waals surface area (Å²) in [5, 5.41) is 3.66. The second-order valence-electron chi connectivity index (χ2n) is 4.91. The molecule has 2 atom stereocenters. The summed E-state index contributed by atoms with van der Waals surface area (Å²) in [6.45, 7) is 8.83. The molecular weight excluding hydrogens is 186 g/mol. The van der Waals surface area contributed by atoms with Crippen LogP contribution in [0.5, 0.6) is 0 Å². The van der Waals surface area contributed by atoms with Crippen molar-refractivity contribution in [2.24, 2.45) is 0 Å². The van der Waals surface area contributed by atoms with E-state index < -0.39 is 0 Å². The van der Waals surface area contributed by atoms with Gasteiger partial charge in [-0.15, -0.1) is 0 Å². The number of hydrogen-bond donors (Lipinski definition) is 1. The number of nitrogens with one attached hydrogen (secondary N) is 1. The Hall–Kier alpha value is -0.0800. The molecule has 1 N–H and O–H groups in total. The highest BCUT2D eigenvalue weighted by atomic mass is 16.5. The molecule has 0 saturated carbocycles. The summed E-state index contributed by atoms with van der Waals surface area (Å²) >= 11 is 0. The minimum Gasteiger partial charge on any atom is -0.374 e. The third-order valence-corrected chi connectivity index (χ3v) is 3.45. The van der Waals surface area contributed by atoms with E-state index in [4.69, 9.17) is 4.74 Å². The largest absolute Gasteiger partial charge is 0.374 e. The molecule has 15 heavy (non-hydrogen) atoms. The molecule has 1 aliphatic heterocycles. The summed E-state index contributed by atoms with van der Waals surface area (Å²) in [5.41, 5.74) is 0.0867. The summed E-state index contributed by atoms with van der Waals surface area (Å²) in [4.78, 5) is 0. The van der Waals surface area contributed by atoms with Gasteiger partial charge in [-0.1, -0.05) is 20.3 Å². The van der Waals surface area contributed by atoms with Gasteiger partial charge in [0.25, 0.3) is 0 Å². The fourth-order valence-corrected chi connectivity index (χ4v) is 2.46. The Bertz CT molecular complexity index is 164. The zero-order valence-corrected chi connectivity index (χ0v) is 10.6. The van der Waals surface area contributed by atoms with Crippen LogP contribution in [0.3, 0.4) is 0 Å². The van der Waals surface area contributed by atoms with Crippen LogP contribution in [0.1, 0.15) is 59.3 Å². The van der Waals surface area contributed by atoms with E-state index in [1.54, 1.807) is 0 Å². The van der Waals surface area contributed by atoms with Crippen molar-refractivity contribution in [3.63, 3.8) is 0 Å². The molecule has 0 aromatic carbocycles. The molecule has 0 amide bonds. The van der Waals surface area contributed by atoms with Crippen molar-refractivity contribution in [1.29, 1.82) is 0 Å². The molecule has 1 saturated heterocycles. The van der Waals surface area contributed by atoms with Gasteiger partial charge in [-0.25, -0.2) is 0 Å². The molecule has 0 radical (unpaired) electrons. The maximum Gasteiger partial charge on any atom is 0.0806 e. The Morgan fingerprint density at radius 1 is 1.27 bits per heavy atom. The van der Waals surface area contributed by atoms with Gasteiger partial charge in [-0.3, -0.25) is 0 Å². The topological polar surface area (TPSA) is 21.3 Å². The fraction of sp³-hybridized carbons (Fsp3) is 1.00. The van der Waals surface area contributed by atoms with Gasteiger partial charge < -0.3 is 10.1 Å². The average Bonchev–Trinajstić information content (AvgIpc) is 2.25. The second-order valence-corrected chi connectivity index (χ2v) is 4.91. The van der Waals surface area contributed by atoms with Crippen LogP contribution in [-0.2, 0) is 4.74 Å². The van der Waals surface area contributed by atoms with Crippen LogP contribution in [0.4, 0.5) is 0 Å². The Morgan fingerprint density at radius 2 is 2.07 bits per heavy atom. The summed E-state index contributed by atoms with van der Waals surface area (Å²) in [6.07, 6.45) is 7.45. The molecule has 2 nitrogen and oxygen atoms in total. The molecule has 2 unspecified atom stereocenters. The molecule has 1 heterocycles. The van der Waals surface area contributed by atoms with E-state index in [9.17, 15) is 0 Å². The van der Waals surface area contributed by atoms with Gasteiger partial charge in [-0.05, 0) is 45.6 Å². The first-order valence-electron chi connectivity index (χ1n) is 6.60. The van der Waals surface area contributed by atoms with Crippen molar-refractivity contribution in [1.82, 2.24) is 5.32 Å². The maximum atomic E-state index is 6.01. The lowest BCUT2D eigenvalue weighted by atomic mass is 9.85. The molecule has 90 valence electrons. The number of ether oxygens (including phenoxy) is 1. The van der Waals surface area contributed by atoms with E-state index in [0.29, 0.717) is 6.04 Å². The summed E-state index contributed by atoms with van der Waals surface area (Å²) in [5.74, 6) is 0. The lowest BCUT2D eigenvalue weighted by molar-refractivity contribution is -0.0900. The van der Waals surface area contributed by atoms with Gasteiger partial charge in [0.1, 0.15) is 0 Å². The van der Waals surface area contributed by atoms with Crippen molar-refractivity contribution in [3.05, 3.63) is 0 Å². The molecule has 0 bridgehead atoms. The van der Waals surface area contributed by atoms with Crippen molar-refractivity contribution in [2.75, 3.05) is 13.2 Å². The summed E-state index contributed by atoms with van der Waals surface area (Å²) in [6, 6.07) is 0.544. The summed E-state index contributed by atoms with van der Waals surface area (Å²) < 4.78 is 6.01. The Balaban J connectivity index is 2.50. The molecule has 0 spiro atoms. The third-order valence-electron chi connectivity index (χ3n) is 3.45. The van der Waals surface area contributed by atoms with E-state index in [1.807, 2.05) is 0 Å². The van der Waals surface area contributed by atoms with Gasteiger partial charge in [0, 0.05) is 12.6 Å². The predicted molar refractivity (Wildman–Crippen MR) is 65.2 cm³/mol. The van der Waals surface area contributed by atoms with E-state index in [2.05, 4.69) is 26.1 Å². The second kappa shape index (κ2) is 6.49. The van der Waals surface area contributed by atoms with Gasteiger partial charge in [0.15, 0.2) is 0 Å². The van der Waals surface area contributed by atoms with Crippen LogP contribution in [0, 0.1) is 0 Å². The van der Waals surface area contributed by atoms with Gasteiger partial charge >= 0.3 is 0 Å². The standard InChI is InChI=1S/C13H27NO/c1-4-8-12(14-10-5-2)13(3)9-6-7-11-15-13/h12,14H,4-11H2,1-3H3. The Morgan fingerprint density at radius 3 is 2.60 bits per heavy atom. The van der Waals surface area contributed by atoms with E-state index >= 15 is 0 Å². The van der Waals surface area contributed by atoms with Crippen molar-refractivity contribution in [3.8, 4) is 0 Å². The molecule has 0 aliphatic carbocycles. The first-order valence-corrected chi connectivity index (χ1v) is 6.60. The highest BCUT2D eigenvalue weighted by Crippen LogP contribution is 2.29. The van der Waals surface area contributed by atoms with Crippen LogP contribution in [0.25, 0.3) is 0 Å². The van der Waals surface area contributed by atoms with Crippen LogP contribution in [-0.4, -0.2) is 24.8 Å². The fourth-order valence-electron chi connectivity index (χ4n) is 2.46. The average molecular weight is 213 g/mol. The third kappa shape index (κ3) is 3.76.